The maximum absolute atomic E-state index is 13.2. The van der Waals surface area contributed by atoms with Gasteiger partial charge in [0.1, 0.15) is 0 Å². The molecule has 1 aromatic carbocycles. The molecular formula is C11H13F2NO. The Labute approximate surface area is 87.5 Å². The van der Waals surface area contributed by atoms with Crippen LogP contribution in [0.5, 0.6) is 0 Å². The number of hydrogen-bond donors (Lipinski definition) is 0. The van der Waals surface area contributed by atoms with Crippen molar-refractivity contribution in [2.24, 2.45) is 0 Å². The van der Waals surface area contributed by atoms with Crippen LogP contribution in [0.25, 0.3) is 0 Å². The molecule has 0 unspecified atom stereocenters. The number of rotatable bonds is 4. The van der Waals surface area contributed by atoms with Gasteiger partial charge < -0.3 is 4.90 Å². The van der Waals surface area contributed by atoms with E-state index < -0.39 is 11.6 Å². The Morgan fingerprint density at radius 2 is 2.00 bits per heavy atom. The summed E-state index contributed by atoms with van der Waals surface area (Å²) in [5, 5.41) is 0. The van der Waals surface area contributed by atoms with Gasteiger partial charge in [0.05, 0.1) is 5.56 Å². The average Bonchev–Trinajstić information content (AvgIpc) is 2.18. The third-order valence-corrected chi connectivity index (χ3v) is 2.04. The molecule has 1 rings (SSSR count). The molecule has 4 heteroatoms. The summed E-state index contributed by atoms with van der Waals surface area (Å²) in [6.45, 7) is 0.523. The Bertz CT molecular complexity index is 364. The number of hydrogen-bond acceptors (Lipinski definition) is 2. The van der Waals surface area contributed by atoms with Crippen molar-refractivity contribution in [2.75, 3.05) is 20.6 Å². The van der Waals surface area contributed by atoms with Crippen LogP contribution < -0.4 is 0 Å². The number of benzene rings is 1. The summed E-state index contributed by atoms with van der Waals surface area (Å²) in [7, 11) is 3.63. The Balaban J connectivity index is 2.78. The molecule has 0 N–H and O–H groups in total. The highest BCUT2D eigenvalue weighted by molar-refractivity contribution is 5.96. The fourth-order valence-corrected chi connectivity index (χ4v) is 1.18. The number of ketones is 1. The van der Waals surface area contributed by atoms with Crippen LogP contribution in [0.2, 0.25) is 0 Å². The molecule has 0 bridgehead atoms. The van der Waals surface area contributed by atoms with Crippen molar-refractivity contribution in [3.63, 3.8) is 0 Å². The molecule has 0 heterocycles. The standard InChI is InChI=1S/C11H13F2NO/c1-14(2)7-6-10(15)8-4-3-5-9(12)11(8)13/h3-5H,6-7H2,1-2H3. The highest BCUT2D eigenvalue weighted by atomic mass is 19.2. The molecule has 0 amide bonds. The topological polar surface area (TPSA) is 20.3 Å². The van der Waals surface area contributed by atoms with Crippen molar-refractivity contribution in [2.45, 2.75) is 6.42 Å². The lowest BCUT2D eigenvalue weighted by Gasteiger charge is -2.08. The van der Waals surface area contributed by atoms with Gasteiger partial charge in [-0.3, -0.25) is 4.79 Å². The molecule has 0 atom stereocenters. The number of carbonyl (C=O) groups excluding carboxylic acids is 1. The second kappa shape index (κ2) is 4.98. The number of Topliss-reactive ketones (excluding diaryl/α,β-unsaturated/α-hetero) is 1. The minimum atomic E-state index is -1.05. The van der Waals surface area contributed by atoms with Crippen LogP contribution in [0.4, 0.5) is 8.78 Å². The summed E-state index contributed by atoms with van der Waals surface area (Å²) in [6, 6.07) is 3.63. The van der Waals surface area contributed by atoms with E-state index in [4.69, 9.17) is 0 Å². The van der Waals surface area contributed by atoms with Crippen LogP contribution in [0, 0.1) is 11.6 Å². The SMILES string of the molecule is CN(C)CCC(=O)c1cccc(F)c1F. The van der Waals surface area contributed by atoms with E-state index in [1.54, 1.807) is 0 Å². The van der Waals surface area contributed by atoms with Crippen LogP contribution in [0.1, 0.15) is 16.8 Å². The van der Waals surface area contributed by atoms with Crippen molar-refractivity contribution in [3.05, 3.63) is 35.4 Å². The van der Waals surface area contributed by atoms with Gasteiger partial charge in [0.2, 0.25) is 0 Å². The molecule has 0 aromatic heterocycles. The molecule has 0 fully saturated rings. The van der Waals surface area contributed by atoms with E-state index >= 15 is 0 Å². The predicted molar refractivity (Wildman–Crippen MR) is 53.9 cm³/mol. The molecule has 15 heavy (non-hydrogen) atoms. The average molecular weight is 213 g/mol. The molecular weight excluding hydrogens is 200 g/mol. The van der Waals surface area contributed by atoms with Gasteiger partial charge in [-0.1, -0.05) is 6.07 Å². The Kier molecular flexibility index (Phi) is 3.91. The molecule has 2 nitrogen and oxygen atoms in total. The number of nitrogens with zero attached hydrogens (tertiary/aromatic N) is 1. The fourth-order valence-electron chi connectivity index (χ4n) is 1.18. The Hall–Kier alpha value is -1.29. The van der Waals surface area contributed by atoms with Gasteiger partial charge >= 0.3 is 0 Å². The van der Waals surface area contributed by atoms with E-state index in [2.05, 4.69) is 0 Å². The maximum atomic E-state index is 13.2. The first kappa shape index (κ1) is 11.8. The van der Waals surface area contributed by atoms with Gasteiger partial charge in [-0.05, 0) is 26.2 Å². The normalized spacial score (nSPS) is 10.7. The number of carbonyl (C=O) groups is 1. The van der Waals surface area contributed by atoms with Crippen LogP contribution in [-0.2, 0) is 0 Å². The minimum Gasteiger partial charge on any atom is -0.309 e. The second-order valence-corrected chi connectivity index (χ2v) is 3.58. The van der Waals surface area contributed by atoms with Gasteiger partial charge in [-0.15, -0.1) is 0 Å². The summed E-state index contributed by atoms with van der Waals surface area (Å²) in [5.74, 6) is -2.41. The van der Waals surface area contributed by atoms with Crippen molar-refractivity contribution < 1.29 is 13.6 Å². The second-order valence-electron chi connectivity index (χ2n) is 3.58. The Morgan fingerprint density at radius 1 is 1.33 bits per heavy atom. The predicted octanol–water partition coefficient (Wildman–Crippen LogP) is 2.10. The van der Waals surface area contributed by atoms with Gasteiger partial charge in [0, 0.05) is 13.0 Å². The lowest BCUT2D eigenvalue weighted by Crippen LogP contribution is -2.17. The van der Waals surface area contributed by atoms with Gasteiger partial charge in [0.25, 0.3) is 0 Å². The first-order valence-electron chi connectivity index (χ1n) is 4.64. The lowest BCUT2D eigenvalue weighted by molar-refractivity contribution is 0.0967. The quantitative estimate of drug-likeness (QED) is 0.714. The van der Waals surface area contributed by atoms with E-state index in [0.29, 0.717) is 6.54 Å². The van der Waals surface area contributed by atoms with E-state index in [9.17, 15) is 13.6 Å². The van der Waals surface area contributed by atoms with Crippen LogP contribution in [0.15, 0.2) is 18.2 Å². The molecule has 0 aliphatic rings. The summed E-state index contributed by atoms with van der Waals surface area (Å²) < 4.78 is 26.0. The van der Waals surface area contributed by atoms with E-state index in [-0.39, 0.29) is 17.8 Å². The van der Waals surface area contributed by atoms with Gasteiger partial charge in [-0.25, -0.2) is 8.78 Å². The Morgan fingerprint density at radius 3 is 2.60 bits per heavy atom. The van der Waals surface area contributed by atoms with Crippen LogP contribution in [-0.4, -0.2) is 31.3 Å². The molecule has 0 saturated carbocycles. The van der Waals surface area contributed by atoms with Gasteiger partial charge in [0.15, 0.2) is 17.4 Å². The molecule has 0 radical (unpaired) electrons. The molecule has 1 aromatic rings. The largest absolute Gasteiger partial charge is 0.309 e. The third-order valence-electron chi connectivity index (χ3n) is 2.04. The van der Waals surface area contributed by atoms with Gasteiger partial charge in [-0.2, -0.15) is 0 Å². The monoisotopic (exact) mass is 213 g/mol. The van der Waals surface area contributed by atoms with E-state index in [1.807, 2.05) is 19.0 Å². The van der Waals surface area contributed by atoms with Crippen LogP contribution >= 0.6 is 0 Å². The summed E-state index contributed by atoms with van der Waals surface area (Å²) in [4.78, 5) is 13.3. The van der Waals surface area contributed by atoms with E-state index in [0.717, 1.165) is 6.07 Å². The summed E-state index contributed by atoms with van der Waals surface area (Å²) in [5.41, 5.74) is -0.170. The fraction of sp³-hybridized carbons (Fsp3) is 0.364. The minimum absolute atomic E-state index is 0.170. The molecule has 82 valence electrons. The molecule has 0 saturated heterocycles. The van der Waals surface area contributed by atoms with Crippen molar-refractivity contribution in [1.82, 2.24) is 4.90 Å². The highest BCUT2D eigenvalue weighted by Crippen LogP contribution is 2.13. The highest BCUT2D eigenvalue weighted by Gasteiger charge is 2.14. The third kappa shape index (κ3) is 3.09. The first-order valence-corrected chi connectivity index (χ1v) is 4.64. The summed E-state index contributed by atoms with van der Waals surface area (Å²) in [6.07, 6.45) is 0.188. The van der Waals surface area contributed by atoms with Crippen molar-refractivity contribution in [1.29, 1.82) is 0 Å². The smallest absolute Gasteiger partial charge is 0.169 e. The van der Waals surface area contributed by atoms with Crippen molar-refractivity contribution in [3.8, 4) is 0 Å². The molecule has 0 aliphatic heterocycles. The zero-order chi connectivity index (χ0) is 11.4. The van der Waals surface area contributed by atoms with Crippen molar-refractivity contribution >= 4 is 5.78 Å². The molecule has 0 spiro atoms. The van der Waals surface area contributed by atoms with E-state index in [1.165, 1.54) is 12.1 Å². The number of halogens is 2. The lowest BCUT2D eigenvalue weighted by atomic mass is 10.1. The summed E-state index contributed by atoms with van der Waals surface area (Å²) >= 11 is 0. The van der Waals surface area contributed by atoms with Crippen LogP contribution in [0.3, 0.4) is 0 Å². The maximum Gasteiger partial charge on any atom is 0.169 e. The first-order chi connectivity index (χ1) is 7.02. The molecule has 0 aliphatic carbocycles. The zero-order valence-corrected chi connectivity index (χ0v) is 8.76. The zero-order valence-electron chi connectivity index (χ0n) is 8.76.